The largest absolute Gasteiger partial charge is 0.493 e. The number of benzene rings is 1. The third-order valence-electron chi connectivity index (χ3n) is 6.36. The molecule has 1 fully saturated rings. The number of hydrogen-bond donors (Lipinski definition) is 1. The second-order valence-electron chi connectivity index (χ2n) is 8.40. The lowest BCUT2D eigenvalue weighted by molar-refractivity contribution is -0.383. The van der Waals surface area contributed by atoms with Crippen LogP contribution in [0.1, 0.15) is 30.9 Å². The van der Waals surface area contributed by atoms with Crippen molar-refractivity contribution in [1.29, 1.82) is 0 Å². The zero-order valence-corrected chi connectivity index (χ0v) is 20.2. The summed E-state index contributed by atoms with van der Waals surface area (Å²) in [6.45, 7) is 4.13. The average Bonchev–Trinajstić information content (AvgIpc) is 2.87. The number of rotatable bonds is 7. The van der Waals surface area contributed by atoms with Crippen molar-refractivity contribution in [1.82, 2.24) is 14.9 Å². The molecule has 1 aromatic heterocycles. The first-order valence-electron chi connectivity index (χ1n) is 11.6. The lowest BCUT2D eigenvalue weighted by Gasteiger charge is -2.32. The molecule has 1 amide bonds. The number of anilines is 2. The number of fused-ring (bicyclic) bond motifs is 1. The van der Waals surface area contributed by atoms with Crippen molar-refractivity contribution < 1.29 is 23.9 Å². The SMILES string of the molecule is CCOC(=O)N1CCC(Nc2ncnc(N3CCc4cc(OC)c(OC)cc4C3)c2[N+](=O)[O-])CC1. The maximum Gasteiger partial charge on any atom is 0.409 e. The Morgan fingerprint density at radius 1 is 1.14 bits per heavy atom. The van der Waals surface area contributed by atoms with Crippen molar-refractivity contribution in [3.05, 3.63) is 39.7 Å². The second-order valence-corrected chi connectivity index (χ2v) is 8.40. The number of hydrogen-bond acceptors (Lipinski definition) is 10. The third-order valence-corrected chi connectivity index (χ3v) is 6.36. The van der Waals surface area contributed by atoms with Crippen molar-refractivity contribution in [3.63, 3.8) is 0 Å². The number of amides is 1. The summed E-state index contributed by atoms with van der Waals surface area (Å²) >= 11 is 0. The van der Waals surface area contributed by atoms with Crippen LogP contribution in [0.3, 0.4) is 0 Å². The van der Waals surface area contributed by atoms with Crippen molar-refractivity contribution in [2.45, 2.75) is 38.8 Å². The molecule has 0 bridgehead atoms. The number of nitrogens with zero attached hydrogens (tertiary/aromatic N) is 5. The van der Waals surface area contributed by atoms with Gasteiger partial charge in [-0.25, -0.2) is 14.8 Å². The van der Waals surface area contributed by atoms with Crippen LogP contribution in [0.2, 0.25) is 0 Å². The molecule has 12 nitrogen and oxygen atoms in total. The van der Waals surface area contributed by atoms with Gasteiger partial charge < -0.3 is 29.3 Å². The van der Waals surface area contributed by atoms with Crippen molar-refractivity contribution in [2.24, 2.45) is 0 Å². The molecular formula is C23H30N6O6. The van der Waals surface area contributed by atoms with Crippen molar-refractivity contribution in [2.75, 3.05) is 50.7 Å². The van der Waals surface area contributed by atoms with Gasteiger partial charge >= 0.3 is 11.8 Å². The predicted octanol–water partition coefficient (Wildman–Crippen LogP) is 3.00. The Morgan fingerprint density at radius 3 is 2.46 bits per heavy atom. The van der Waals surface area contributed by atoms with Crippen LogP contribution in [0.25, 0.3) is 0 Å². The number of carbonyl (C=O) groups excluding carboxylic acids is 1. The first-order chi connectivity index (χ1) is 16.9. The molecule has 2 aliphatic rings. The first-order valence-corrected chi connectivity index (χ1v) is 11.6. The number of methoxy groups -OCH3 is 2. The molecule has 2 aliphatic heterocycles. The standard InChI is InChI=1S/C23H30N6O6/c1-4-35-23(30)27-9-6-17(7-10-27)26-21-20(29(31)32)22(25-14-24-21)28-8-5-15-11-18(33-2)19(34-3)12-16(15)13-28/h11-12,14,17H,4-10,13H2,1-3H3,(H,24,25,26). The summed E-state index contributed by atoms with van der Waals surface area (Å²) in [5, 5.41) is 15.3. The van der Waals surface area contributed by atoms with Gasteiger partial charge in [-0.3, -0.25) is 10.1 Å². The van der Waals surface area contributed by atoms with Crippen LogP contribution in [0, 0.1) is 10.1 Å². The molecule has 0 unspecified atom stereocenters. The van der Waals surface area contributed by atoms with Crippen LogP contribution in [0.15, 0.2) is 18.5 Å². The van der Waals surface area contributed by atoms with E-state index in [1.54, 1.807) is 26.0 Å². The van der Waals surface area contributed by atoms with Gasteiger partial charge in [-0.05, 0) is 49.4 Å². The van der Waals surface area contributed by atoms with Gasteiger partial charge in [0, 0.05) is 32.2 Å². The molecule has 3 heterocycles. The van der Waals surface area contributed by atoms with Gasteiger partial charge in [0.05, 0.1) is 25.7 Å². The molecule has 0 aliphatic carbocycles. The summed E-state index contributed by atoms with van der Waals surface area (Å²) < 4.78 is 15.9. The molecular weight excluding hydrogens is 456 g/mol. The minimum atomic E-state index is -0.435. The van der Waals surface area contributed by atoms with Crippen LogP contribution < -0.4 is 19.7 Å². The van der Waals surface area contributed by atoms with E-state index in [2.05, 4.69) is 15.3 Å². The van der Waals surface area contributed by atoms with Gasteiger partial charge in [0.1, 0.15) is 6.33 Å². The normalized spacial score (nSPS) is 15.9. The lowest BCUT2D eigenvalue weighted by Crippen LogP contribution is -2.42. The van der Waals surface area contributed by atoms with E-state index >= 15 is 0 Å². The van der Waals surface area contributed by atoms with Gasteiger partial charge in [0.25, 0.3) is 0 Å². The van der Waals surface area contributed by atoms with E-state index in [1.165, 1.54) is 6.33 Å². The summed E-state index contributed by atoms with van der Waals surface area (Å²) in [7, 11) is 3.17. The zero-order valence-electron chi connectivity index (χ0n) is 20.2. The molecule has 1 aromatic carbocycles. The van der Waals surface area contributed by atoms with Gasteiger partial charge in [0.15, 0.2) is 11.5 Å². The van der Waals surface area contributed by atoms with E-state index < -0.39 is 4.92 Å². The van der Waals surface area contributed by atoms with Gasteiger partial charge in [-0.2, -0.15) is 0 Å². The van der Waals surface area contributed by atoms with Gasteiger partial charge in [-0.15, -0.1) is 0 Å². The highest BCUT2D eigenvalue weighted by atomic mass is 16.6. The molecule has 0 saturated carbocycles. The fourth-order valence-electron chi connectivity index (χ4n) is 4.55. The fraction of sp³-hybridized carbons (Fsp3) is 0.522. The monoisotopic (exact) mass is 486 g/mol. The first kappa shape index (κ1) is 24.3. The quantitative estimate of drug-likeness (QED) is 0.460. The van der Waals surface area contributed by atoms with Crippen molar-refractivity contribution >= 4 is 23.4 Å². The lowest BCUT2D eigenvalue weighted by atomic mass is 9.98. The molecule has 12 heteroatoms. The van der Waals surface area contributed by atoms with Crippen LogP contribution in [-0.2, 0) is 17.7 Å². The minimum absolute atomic E-state index is 0.0547. The Balaban J connectivity index is 1.53. The Labute approximate surface area is 203 Å². The number of likely N-dealkylation sites (tertiary alicyclic amines) is 1. The summed E-state index contributed by atoms with van der Waals surface area (Å²) in [6, 6.07) is 3.81. The maximum absolute atomic E-state index is 12.1. The number of aromatic nitrogens is 2. The van der Waals surface area contributed by atoms with Gasteiger partial charge in [0.2, 0.25) is 11.6 Å². The fourth-order valence-corrected chi connectivity index (χ4v) is 4.55. The number of nitro groups is 1. The molecule has 1 saturated heterocycles. The molecule has 188 valence electrons. The molecule has 0 spiro atoms. The Hall–Kier alpha value is -3.83. The topological polar surface area (TPSA) is 132 Å². The number of carbonyl (C=O) groups is 1. The summed E-state index contributed by atoms with van der Waals surface area (Å²) in [4.78, 5) is 35.7. The minimum Gasteiger partial charge on any atom is -0.493 e. The Bertz CT molecular complexity index is 1090. The van der Waals surface area contributed by atoms with E-state index in [4.69, 9.17) is 14.2 Å². The Morgan fingerprint density at radius 2 is 1.83 bits per heavy atom. The van der Waals surface area contributed by atoms with Crippen LogP contribution in [0.4, 0.5) is 22.1 Å². The van der Waals surface area contributed by atoms with Crippen LogP contribution >= 0.6 is 0 Å². The maximum atomic E-state index is 12.1. The highest BCUT2D eigenvalue weighted by molar-refractivity contribution is 5.71. The highest BCUT2D eigenvalue weighted by Gasteiger charge is 2.32. The molecule has 4 rings (SSSR count). The molecule has 0 radical (unpaired) electrons. The van der Waals surface area contributed by atoms with E-state index in [0.29, 0.717) is 63.5 Å². The van der Waals surface area contributed by atoms with E-state index in [-0.39, 0.29) is 29.5 Å². The summed E-state index contributed by atoms with van der Waals surface area (Å²) in [5.41, 5.74) is 1.97. The van der Waals surface area contributed by atoms with Crippen LogP contribution in [-0.4, -0.2) is 72.4 Å². The third kappa shape index (κ3) is 5.15. The summed E-state index contributed by atoms with van der Waals surface area (Å²) in [6.07, 6.45) is 2.97. The van der Waals surface area contributed by atoms with E-state index in [1.807, 2.05) is 17.0 Å². The molecule has 35 heavy (non-hydrogen) atoms. The van der Waals surface area contributed by atoms with E-state index in [9.17, 15) is 14.9 Å². The number of ether oxygens (including phenoxy) is 3. The zero-order chi connectivity index (χ0) is 24.9. The predicted molar refractivity (Wildman–Crippen MR) is 128 cm³/mol. The van der Waals surface area contributed by atoms with Crippen molar-refractivity contribution in [3.8, 4) is 11.5 Å². The Kier molecular flexibility index (Phi) is 7.37. The molecule has 0 atom stereocenters. The molecule has 1 N–H and O–H groups in total. The van der Waals surface area contributed by atoms with E-state index in [0.717, 1.165) is 11.1 Å². The average molecular weight is 487 g/mol. The highest BCUT2D eigenvalue weighted by Crippen LogP contribution is 2.38. The smallest absolute Gasteiger partial charge is 0.409 e. The second kappa shape index (κ2) is 10.6. The van der Waals surface area contributed by atoms with Crippen LogP contribution in [0.5, 0.6) is 11.5 Å². The number of piperidine rings is 1. The van der Waals surface area contributed by atoms with Gasteiger partial charge in [-0.1, -0.05) is 0 Å². The molecule has 2 aromatic rings. The number of nitrogens with one attached hydrogen (secondary N) is 1. The summed E-state index contributed by atoms with van der Waals surface area (Å²) in [5.74, 6) is 1.74.